The fourth-order valence-electron chi connectivity index (χ4n) is 3.44. The second-order valence-electron chi connectivity index (χ2n) is 6.98. The summed E-state index contributed by atoms with van der Waals surface area (Å²) >= 11 is 0. The number of hydrogen-bond acceptors (Lipinski definition) is 5. The van der Waals surface area contributed by atoms with Gasteiger partial charge in [0.25, 0.3) is 0 Å². The van der Waals surface area contributed by atoms with Gasteiger partial charge in [0.05, 0.1) is 13.1 Å². The Kier molecular flexibility index (Phi) is 5.39. The fraction of sp³-hybridized carbons (Fsp3) is 0.190. The van der Waals surface area contributed by atoms with Crippen molar-refractivity contribution in [1.82, 2.24) is 24.3 Å². The average molecular weight is 411 g/mol. The molecule has 0 radical (unpaired) electrons. The number of aromatic nitrogens is 5. The van der Waals surface area contributed by atoms with Crippen molar-refractivity contribution < 1.29 is 19.0 Å². The maximum absolute atomic E-state index is 14.6. The molecule has 0 aliphatic rings. The van der Waals surface area contributed by atoms with Gasteiger partial charge in [-0.3, -0.25) is 0 Å². The first kappa shape index (κ1) is 19.9. The van der Waals surface area contributed by atoms with Crippen LogP contribution in [0.25, 0.3) is 0 Å². The van der Waals surface area contributed by atoms with E-state index in [0.29, 0.717) is 5.56 Å². The van der Waals surface area contributed by atoms with Crippen molar-refractivity contribution in [1.29, 1.82) is 0 Å². The van der Waals surface area contributed by atoms with Crippen molar-refractivity contribution >= 4 is 0 Å². The lowest BCUT2D eigenvalue weighted by Gasteiger charge is -2.30. The largest absolute Gasteiger partial charge is 0.381 e. The summed E-state index contributed by atoms with van der Waals surface area (Å²) in [7, 11) is 0. The molecule has 0 spiro atoms. The first-order valence-electron chi connectivity index (χ1n) is 9.21. The van der Waals surface area contributed by atoms with E-state index in [0.717, 1.165) is 12.1 Å². The van der Waals surface area contributed by atoms with Crippen molar-refractivity contribution in [3.63, 3.8) is 0 Å². The number of nitrogens with zero attached hydrogens (tertiary/aromatic N) is 5. The van der Waals surface area contributed by atoms with Crippen molar-refractivity contribution in [2.75, 3.05) is 0 Å². The average Bonchev–Trinajstić information content (AvgIpc) is 3.40. The van der Waals surface area contributed by atoms with Gasteiger partial charge in [-0.15, -0.1) is 0 Å². The third-order valence-corrected chi connectivity index (χ3v) is 4.86. The van der Waals surface area contributed by atoms with Crippen molar-refractivity contribution in [3.8, 4) is 0 Å². The van der Waals surface area contributed by atoms with E-state index in [4.69, 9.17) is 0 Å². The highest BCUT2D eigenvalue weighted by Crippen LogP contribution is 2.30. The van der Waals surface area contributed by atoms with Crippen LogP contribution in [0.3, 0.4) is 0 Å². The summed E-state index contributed by atoms with van der Waals surface area (Å²) in [6, 6.07) is 11.9. The Bertz CT molecular complexity index is 1120. The second-order valence-corrected chi connectivity index (χ2v) is 6.98. The van der Waals surface area contributed by atoms with Gasteiger partial charge in [0.2, 0.25) is 0 Å². The summed E-state index contributed by atoms with van der Waals surface area (Å²) in [6.45, 7) is -0.302. The molecule has 154 valence electrons. The van der Waals surface area contributed by atoms with Crippen LogP contribution < -0.4 is 0 Å². The molecule has 0 fully saturated rings. The van der Waals surface area contributed by atoms with E-state index in [1.807, 2.05) is 6.07 Å². The lowest BCUT2D eigenvalue weighted by molar-refractivity contribution is -0.00731. The molecule has 2 unspecified atom stereocenters. The third-order valence-electron chi connectivity index (χ3n) is 4.86. The van der Waals surface area contributed by atoms with Crippen LogP contribution in [0.1, 0.15) is 23.1 Å². The molecule has 4 rings (SSSR count). The number of aliphatic hydroxyl groups excluding tert-OH is 1. The van der Waals surface area contributed by atoms with E-state index in [-0.39, 0.29) is 24.5 Å². The number of imidazole rings is 1. The molecule has 2 aromatic carbocycles. The summed E-state index contributed by atoms with van der Waals surface area (Å²) < 4.78 is 31.0. The van der Waals surface area contributed by atoms with E-state index in [1.165, 1.54) is 34.2 Å². The topological polar surface area (TPSA) is 89.0 Å². The van der Waals surface area contributed by atoms with Crippen molar-refractivity contribution in [3.05, 3.63) is 102 Å². The Morgan fingerprint density at radius 3 is 2.57 bits per heavy atom. The molecule has 2 aromatic heterocycles. The van der Waals surface area contributed by atoms with Gasteiger partial charge in [-0.2, -0.15) is 5.10 Å². The summed E-state index contributed by atoms with van der Waals surface area (Å²) in [4.78, 5) is 8.06. The quantitative estimate of drug-likeness (QED) is 0.488. The van der Waals surface area contributed by atoms with Crippen molar-refractivity contribution in [2.24, 2.45) is 0 Å². The molecule has 0 aliphatic carbocycles. The maximum Gasteiger partial charge on any atom is 0.142 e. The minimum atomic E-state index is -1.82. The number of benzene rings is 2. The molecule has 0 bridgehead atoms. The lowest BCUT2D eigenvalue weighted by Crippen LogP contribution is -2.38. The molecule has 2 atom stereocenters. The monoisotopic (exact) mass is 411 g/mol. The zero-order valence-electron chi connectivity index (χ0n) is 15.8. The predicted molar refractivity (Wildman–Crippen MR) is 103 cm³/mol. The van der Waals surface area contributed by atoms with Crippen LogP contribution in [0, 0.1) is 11.6 Å². The van der Waals surface area contributed by atoms with Gasteiger partial charge < -0.3 is 14.8 Å². The van der Waals surface area contributed by atoms with Gasteiger partial charge in [-0.25, -0.2) is 23.4 Å². The van der Waals surface area contributed by atoms with Crippen LogP contribution in [0.4, 0.5) is 8.78 Å². The zero-order chi connectivity index (χ0) is 21.1. The number of hydrogen-bond donors (Lipinski definition) is 2. The highest BCUT2D eigenvalue weighted by molar-refractivity contribution is 5.27. The summed E-state index contributed by atoms with van der Waals surface area (Å²) in [5.41, 5.74) is -1.30. The fourth-order valence-corrected chi connectivity index (χ4v) is 3.44. The van der Waals surface area contributed by atoms with Crippen LogP contribution in [0.2, 0.25) is 0 Å². The Balaban J connectivity index is 1.72. The van der Waals surface area contributed by atoms with E-state index >= 15 is 0 Å². The standard InChI is InChI=1S/C21H19F2N5O2/c22-16-6-7-17(18(23)10-16)21(30,12-28-14-24-13-26-28)11-27-9-8-25-20(27)19(29)15-4-2-1-3-5-15/h1-10,13-14,19,29-30H,11-12H2. The minimum Gasteiger partial charge on any atom is -0.381 e. The second kappa shape index (κ2) is 8.13. The molecular weight excluding hydrogens is 392 g/mol. The Morgan fingerprint density at radius 1 is 1.07 bits per heavy atom. The first-order chi connectivity index (χ1) is 14.5. The summed E-state index contributed by atoms with van der Waals surface area (Å²) in [5, 5.41) is 26.2. The van der Waals surface area contributed by atoms with Crippen LogP contribution in [-0.4, -0.2) is 34.5 Å². The molecule has 30 heavy (non-hydrogen) atoms. The van der Waals surface area contributed by atoms with E-state index in [2.05, 4.69) is 15.1 Å². The lowest BCUT2D eigenvalue weighted by atomic mass is 9.92. The first-order valence-corrected chi connectivity index (χ1v) is 9.21. The molecule has 2 heterocycles. The highest BCUT2D eigenvalue weighted by atomic mass is 19.1. The molecule has 0 aliphatic heterocycles. The number of rotatable bonds is 7. The molecule has 7 nitrogen and oxygen atoms in total. The SMILES string of the molecule is OC(c1ccccc1)c1nccn1CC(O)(Cn1cncn1)c1ccc(F)cc1F. The van der Waals surface area contributed by atoms with Crippen LogP contribution in [0.15, 0.2) is 73.6 Å². The molecule has 0 saturated carbocycles. The normalized spacial score (nSPS) is 14.4. The van der Waals surface area contributed by atoms with Crippen LogP contribution >= 0.6 is 0 Å². The van der Waals surface area contributed by atoms with Gasteiger partial charge >= 0.3 is 0 Å². The van der Waals surface area contributed by atoms with Gasteiger partial charge in [0.15, 0.2) is 0 Å². The third kappa shape index (κ3) is 3.98. The zero-order valence-corrected chi connectivity index (χ0v) is 15.8. The van der Waals surface area contributed by atoms with Gasteiger partial charge in [-0.1, -0.05) is 36.4 Å². The van der Waals surface area contributed by atoms with E-state index in [9.17, 15) is 19.0 Å². The molecule has 0 amide bonds. The van der Waals surface area contributed by atoms with Gasteiger partial charge in [-0.05, 0) is 11.6 Å². The van der Waals surface area contributed by atoms with Gasteiger partial charge in [0.1, 0.15) is 41.8 Å². The number of halogens is 2. The van der Waals surface area contributed by atoms with Crippen LogP contribution in [-0.2, 0) is 18.7 Å². The molecule has 4 aromatic rings. The maximum atomic E-state index is 14.6. The summed E-state index contributed by atoms with van der Waals surface area (Å²) in [5.74, 6) is -1.36. The Labute approximate surface area is 170 Å². The molecular formula is C21H19F2N5O2. The molecule has 2 N–H and O–H groups in total. The molecule has 0 saturated heterocycles. The Morgan fingerprint density at radius 2 is 1.87 bits per heavy atom. The minimum absolute atomic E-state index is 0.103. The highest BCUT2D eigenvalue weighted by Gasteiger charge is 2.35. The number of aliphatic hydroxyl groups is 2. The Hall–Kier alpha value is -3.43. The smallest absolute Gasteiger partial charge is 0.142 e. The summed E-state index contributed by atoms with van der Waals surface area (Å²) in [6.07, 6.45) is 4.70. The van der Waals surface area contributed by atoms with E-state index < -0.39 is 23.3 Å². The predicted octanol–water partition coefficient (Wildman–Crippen LogP) is 2.42. The van der Waals surface area contributed by atoms with Gasteiger partial charge in [0, 0.05) is 24.0 Å². The molecule has 9 heteroatoms. The van der Waals surface area contributed by atoms with Crippen molar-refractivity contribution in [2.45, 2.75) is 24.8 Å². The van der Waals surface area contributed by atoms with E-state index in [1.54, 1.807) is 30.5 Å². The van der Waals surface area contributed by atoms with Crippen LogP contribution in [0.5, 0.6) is 0 Å².